The van der Waals surface area contributed by atoms with Crippen molar-refractivity contribution in [2.45, 2.75) is 71.4 Å². The first-order valence-corrected chi connectivity index (χ1v) is 14.0. The van der Waals surface area contributed by atoms with E-state index in [-0.39, 0.29) is 21.7 Å². The fraction of sp³-hybridized carbons (Fsp3) is 0.812. The first-order chi connectivity index (χ1) is 12.2. The lowest BCUT2D eigenvalue weighted by atomic mass is 10.2. The van der Waals surface area contributed by atoms with Crippen LogP contribution in [0.3, 0.4) is 0 Å². The number of unbranched alkanes of at least 4 members (excludes halogenated alkanes) is 3. The molecule has 1 heterocycles. The molecule has 0 aliphatic carbocycles. The molecule has 1 aromatic heterocycles. The Kier molecular flexibility index (Phi) is 10.1. The highest BCUT2D eigenvalue weighted by Crippen LogP contribution is 2.50. The molecule has 0 fully saturated rings. The van der Waals surface area contributed by atoms with E-state index in [1.165, 1.54) is 4.68 Å². The lowest BCUT2D eigenvalue weighted by Crippen LogP contribution is -2.14. The van der Waals surface area contributed by atoms with Crippen molar-refractivity contribution in [1.82, 2.24) is 9.78 Å². The molecule has 0 aromatic carbocycles. The summed E-state index contributed by atoms with van der Waals surface area (Å²) in [6.45, 7) is 5.97. The number of nitrogens with zero attached hydrogens (tertiary/aromatic N) is 2. The van der Waals surface area contributed by atoms with Crippen molar-refractivity contribution in [2.24, 2.45) is 0 Å². The van der Waals surface area contributed by atoms with Crippen LogP contribution in [0.15, 0.2) is 5.03 Å². The van der Waals surface area contributed by atoms with E-state index in [0.717, 1.165) is 25.7 Å². The summed E-state index contributed by atoms with van der Waals surface area (Å²) in [7, 11) is -3.54. The SMILES string of the molecule is CCCCCCn1nc(OP(=S)(CC)OCC)c(Cl)c1S(=O)(=O)CCC. The maximum Gasteiger partial charge on any atom is 0.258 e. The molecule has 0 amide bonds. The first-order valence-electron chi connectivity index (χ1n) is 9.16. The average Bonchev–Trinajstić information content (AvgIpc) is 2.88. The zero-order valence-corrected chi connectivity index (χ0v) is 19.3. The van der Waals surface area contributed by atoms with Crippen molar-refractivity contribution in [3.05, 3.63) is 5.02 Å². The van der Waals surface area contributed by atoms with Crippen molar-refractivity contribution >= 4 is 39.7 Å². The van der Waals surface area contributed by atoms with E-state index in [9.17, 15) is 8.42 Å². The molecule has 6 nitrogen and oxygen atoms in total. The van der Waals surface area contributed by atoms with Crippen LogP contribution in [0.25, 0.3) is 0 Å². The highest BCUT2D eigenvalue weighted by Gasteiger charge is 2.30. The third-order valence-electron chi connectivity index (χ3n) is 3.75. The van der Waals surface area contributed by atoms with E-state index in [1.807, 2.05) is 20.8 Å². The van der Waals surface area contributed by atoms with Crippen LogP contribution in [-0.2, 0) is 32.7 Å². The van der Waals surface area contributed by atoms with E-state index >= 15 is 0 Å². The van der Waals surface area contributed by atoms with Gasteiger partial charge in [0, 0.05) is 12.7 Å². The van der Waals surface area contributed by atoms with Gasteiger partial charge in [-0.05, 0) is 31.6 Å². The molecule has 0 aliphatic rings. The molecule has 1 rings (SSSR count). The third kappa shape index (κ3) is 6.48. The monoisotopic (exact) mass is 444 g/mol. The summed E-state index contributed by atoms with van der Waals surface area (Å²) in [5, 5.41) is 4.38. The molecule has 0 radical (unpaired) electrons. The maximum absolute atomic E-state index is 12.7. The van der Waals surface area contributed by atoms with Crippen LogP contribution in [0.5, 0.6) is 5.88 Å². The lowest BCUT2D eigenvalue weighted by molar-refractivity contribution is 0.328. The second kappa shape index (κ2) is 11.0. The van der Waals surface area contributed by atoms with Gasteiger partial charge in [0.15, 0.2) is 14.9 Å². The van der Waals surface area contributed by atoms with Gasteiger partial charge in [-0.15, -0.1) is 5.10 Å². The Hall–Kier alpha value is -0.140. The summed E-state index contributed by atoms with van der Waals surface area (Å²) < 4.78 is 38.2. The number of aryl methyl sites for hydroxylation is 1. The predicted molar refractivity (Wildman–Crippen MR) is 111 cm³/mol. The zero-order valence-electron chi connectivity index (χ0n) is 16.0. The van der Waals surface area contributed by atoms with Crippen LogP contribution in [0.1, 0.15) is 59.8 Å². The van der Waals surface area contributed by atoms with Gasteiger partial charge < -0.3 is 9.05 Å². The zero-order chi connectivity index (χ0) is 19.8. The van der Waals surface area contributed by atoms with Crippen LogP contribution in [0.2, 0.25) is 5.02 Å². The van der Waals surface area contributed by atoms with E-state index in [4.69, 9.17) is 32.5 Å². The molecule has 1 aromatic rings. The number of sulfone groups is 1. The van der Waals surface area contributed by atoms with Gasteiger partial charge in [0.1, 0.15) is 5.02 Å². The highest BCUT2D eigenvalue weighted by molar-refractivity contribution is 8.10. The van der Waals surface area contributed by atoms with Gasteiger partial charge in [-0.25, -0.2) is 13.1 Å². The van der Waals surface area contributed by atoms with Crippen molar-refractivity contribution in [1.29, 1.82) is 0 Å². The Morgan fingerprint density at radius 3 is 2.38 bits per heavy atom. The summed E-state index contributed by atoms with van der Waals surface area (Å²) in [6.07, 6.45) is 5.03. The van der Waals surface area contributed by atoms with Crippen LogP contribution in [0, 0.1) is 0 Å². The molecule has 152 valence electrons. The fourth-order valence-corrected chi connectivity index (χ4v) is 6.28. The average molecular weight is 445 g/mol. The van der Waals surface area contributed by atoms with Gasteiger partial charge in [0.25, 0.3) is 5.88 Å². The van der Waals surface area contributed by atoms with E-state index < -0.39 is 16.3 Å². The normalized spacial score (nSPS) is 14.3. The van der Waals surface area contributed by atoms with Crippen molar-refractivity contribution in [3.63, 3.8) is 0 Å². The van der Waals surface area contributed by atoms with Crippen molar-refractivity contribution < 1.29 is 17.5 Å². The van der Waals surface area contributed by atoms with Gasteiger partial charge in [0.05, 0.1) is 12.4 Å². The number of aromatic nitrogens is 2. The van der Waals surface area contributed by atoms with Gasteiger partial charge in [-0.3, -0.25) is 0 Å². The second-order valence-corrected chi connectivity index (χ2v) is 12.3. The summed E-state index contributed by atoms with van der Waals surface area (Å²) in [6, 6.07) is 0. The molecule has 26 heavy (non-hydrogen) atoms. The van der Waals surface area contributed by atoms with Crippen molar-refractivity contribution in [3.8, 4) is 5.88 Å². The molecule has 0 N–H and O–H groups in total. The minimum Gasteiger partial charge on any atom is -0.422 e. The molecule has 0 bridgehead atoms. The Morgan fingerprint density at radius 2 is 1.85 bits per heavy atom. The van der Waals surface area contributed by atoms with Gasteiger partial charge in [-0.1, -0.05) is 51.6 Å². The van der Waals surface area contributed by atoms with Gasteiger partial charge in [-0.2, -0.15) is 0 Å². The topological polar surface area (TPSA) is 70.4 Å². The Morgan fingerprint density at radius 1 is 1.15 bits per heavy atom. The van der Waals surface area contributed by atoms with Gasteiger partial charge >= 0.3 is 0 Å². The molecule has 1 atom stereocenters. The molecule has 0 saturated heterocycles. The van der Waals surface area contributed by atoms with Gasteiger partial charge in [0.2, 0.25) is 6.49 Å². The summed E-state index contributed by atoms with van der Waals surface area (Å²) in [5.74, 6) is 0.0793. The summed E-state index contributed by atoms with van der Waals surface area (Å²) >= 11 is 11.9. The fourth-order valence-electron chi connectivity index (χ4n) is 2.48. The molecule has 1 unspecified atom stereocenters. The highest BCUT2D eigenvalue weighted by atomic mass is 35.5. The smallest absolute Gasteiger partial charge is 0.258 e. The standard InChI is InChI=1S/C16H30ClN2O4PS2/c1-5-9-10-11-12-19-16(26(20,21)13-6-2)14(17)15(18-19)23-24(25,8-4)22-7-3/h5-13H2,1-4H3. The van der Waals surface area contributed by atoms with E-state index in [2.05, 4.69) is 12.0 Å². The molecule has 0 spiro atoms. The summed E-state index contributed by atoms with van der Waals surface area (Å²) in [5.41, 5.74) is 0. The first kappa shape index (κ1) is 23.9. The molecular formula is C16H30ClN2O4PS2. The van der Waals surface area contributed by atoms with Crippen molar-refractivity contribution in [2.75, 3.05) is 18.5 Å². The molecular weight excluding hydrogens is 415 g/mol. The van der Waals surface area contributed by atoms with E-state index in [1.54, 1.807) is 0 Å². The van der Waals surface area contributed by atoms with Crippen LogP contribution >= 0.6 is 18.1 Å². The van der Waals surface area contributed by atoms with E-state index in [0.29, 0.717) is 25.7 Å². The number of hydrogen-bond acceptors (Lipinski definition) is 6. The Balaban J connectivity index is 3.24. The number of halogens is 1. The minimum atomic E-state index is -3.54. The predicted octanol–water partition coefficient (Wildman–Crippen LogP) is 5.05. The maximum atomic E-state index is 12.7. The largest absolute Gasteiger partial charge is 0.422 e. The van der Waals surface area contributed by atoms with Crippen LogP contribution in [-0.4, -0.2) is 36.7 Å². The van der Waals surface area contributed by atoms with Crippen LogP contribution < -0.4 is 4.52 Å². The Bertz CT molecular complexity index is 722. The number of rotatable bonds is 13. The minimum absolute atomic E-state index is 0.0105. The summed E-state index contributed by atoms with van der Waals surface area (Å²) in [4.78, 5) is 0. The Labute approximate surface area is 167 Å². The van der Waals surface area contributed by atoms with Crippen LogP contribution in [0.4, 0.5) is 0 Å². The second-order valence-electron chi connectivity index (χ2n) is 5.96. The molecule has 10 heteroatoms. The molecule has 0 saturated carbocycles. The number of hydrogen-bond donors (Lipinski definition) is 0. The molecule has 0 aliphatic heterocycles. The lowest BCUT2D eigenvalue weighted by Gasteiger charge is -2.19. The third-order valence-corrected chi connectivity index (χ3v) is 9.35. The quantitative estimate of drug-likeness (QED) is 0.313.